The van der Waals surface area contributed by atoms with Crippen molar-refractivity contribution in [1.29, 1.82) is 5.26 Å². The summed E-state index contributed by atoms with van der Waals surface area (Å²) in [6, 6.07) is 7.87. The van der Waals surface area contributed by atoms with Gasteiger partial charge in [-0.05, 0) is 24.5 Å². The minimum Gasteiger partial charge on any atom is -0.327 e. The Bertz CT molecular complexity index is 593. The van der Waals surface area contributed by atoms with E-state index in [1.54, 1.807) is 6.07 Å². The number of nitrogens with zero attached hydrogens (tertiary/aromatic N) is 3. The maximum atomic E-state index is 9.09. The normalized spacial score (nSPS) is 11.1. The van der Waals surface area contributed by atoms with Crippen LogP contribution in [-0.2, 0) is 12.4 Å². The summed E-state index contributed by atoms with van der Waals surface area (Å²) >= 11 is 5.95. The summed E-state index contributed by atoms with van der Waals surface area (Å²) in [4.78, 5) is 4.49. The number of alkyl halides is 1. The number of fused-ring (bicyclic) bond motifs is 1. The molecule has 2 aromatic rings. The number of hydrogen-bond acceptors (Lipinski definition) is 2. The Morgan fingerprint density at radius 1 is 1.44 bits per heavy atom. The van der Waals surface area contributed by atoms with Gasteiger partial charge in [0, 0.05) is 6.54 Å². The van der Waals surface area contributed by atoms with Gasteiger partial charge in [-0.25, -0.2) is 4.98 Å². The van der Waals surface area contributed by atoms with Crippen LogP contribution in [-0.4, -0.2) is 9.55 Å². The van der Waals surface area contributed by atoms with E-state index >= 15 is 0 Å². The lowest BCUT2D eigenvalue weighted by Gasteiger charge is -2.09. The molecule has 0 radical (unpaired) electrons. The van der Waals surface area contributed by atoms with Crippen LogP contribution in [0.3, 0.4) is 0 Å². The summed E-state index contributed by atoms with van der Waals surface area (Å²) in [5, 5.41) is 9.09. The maximum absolute atomic E-state index is 9.09. The van der Waals surface area contributed by atoms with Crippen LogP contribution in [0, 0.1) is 17.2 Å². The molecule has 0 bridgehead atoms. The van der Waals surface area contributed by atoms with Crippen LogP contribution in [0.5, 0.6) is 0 Å². The standard InChI is InChI=1S/C14H16ClN3/c1-10(2)6-7-18-12-5-3-4-11(9-16)14(12)17-13(18)8-15/h3-5,10H,6-8H2,1-2H3. The summed E-state index contributed by atoms with van der Waals surface area (Å²) in [5.41, 5.74) is 2.38. The Hall–Kier alpha value is -1.53. The lowest BCUT2D eigenvalue weighted by Crippen LogP contribution is -2.04. The molecule has 0 amide bonds. The molecule has 0 saturated carbocycles. The van der Waals surface area contributed by atoms with Crippen LogP contribution >= 0.6 is 11.6 Å². The van der Waals surface area contributed by atoms with Crippen molar-refractivity contribution in [1.82, 2.24) is 9.55 Å². The first-order chi connectivity index (χ1) is 8.67. The van der Waals surface area contributed by atoms with E-state index in [0.29, 0.717) is 17.4 Å². The Kier molecular flexibility index (Phi) is 3.88. The van der Waals surface area contributed by atoms with Crippen LogP contribution in [0.1, 0.15) is 31.7 Å². The first kappa shape index (κ1) is 12.9. The highest BCUT2D eigenvalue weighted by Gasteiger charge is 2.12. The van der Waals surface area contributed by atoms with Crippen molar-refractivity contribution in [3.05, 3.63) is 29.6 Å². The molecule has 2 rings (SSSR count). The predicted octanol–water partition coefficient (Wildman–Crippen LogP) is 3.69. The van der Waals surface area contributed by atoms with Crippen molar-refractivity contribution >= 4 is 22.6 Å². The lowest BCUT2D eigenvalue weighted by atomic mass is 10.1. The topological polar surface area (TPSA) is 41.6 Å². The molecule has 0 N–H and O–H groups in total. The second-order valence-corrected chi connectivity index (χ2v) is 5.05. The zero-order valence-electron chi connectivity index (χ0n) is 10.7. The van der Waals surface area contributed by atoms with E-state index in [9.17, 15) is 0 Å². The number of rotatable bonds is 4. The highest BCUT2D eigenvalue weighted by Crippen LogP contribution is 2.22. The molecular weight excluding hydrogens is 246 g/mol. The van der Waals surface area contributed by atoms with Crippen LogP contribution in [0.25, 0.3) is 11.0 Å². The predicted molar refractivity (Wildman–Crippen MR) is 73.5 cm³/mol. The average molecular weight is 262 g/mol. The third-order valence-electron chi connectivity index (χ3n) is 3.03. The van der Waals surface area contributed by atoms with E-state index in [-0.39, 0.29) is 0 Å². The quantitative estimate of drug-likeness (QED) is 0.788. The third kappa shape index (κ3) is 2.34. The molecule has 0 atom stereocenters. The van der Waals surface area contributed by atoms with Gasteiger partial charge in [0.2, 0.25) is 0 Å². The minimum atomic E-state index is 0.373. The molecule has 0 aliphatic rings. The SMILES string of the molecule is CC(C)CCn1c(CCl)nc2c(C#N)cccc21. The molecule has 0 aliphatic heterocycles. The van der Waals surface area contributed by atoms with Gasteiger partial charge in [0.15, 0.2) is 0 Å². The summed E-state index contributed by atoms with van der Waals surface area (Å²) in [6.07, 6.45) is 1.08. The molecule has 0 fully saturated rings. The molecule has 3 nitrogen and oxygen atoms in total. The number of benzene rings is 1. The van der Waals surface area contributed by atoms with Crippen molar-refractivity contribution in [2.24, 2.45) is 5.92 Å². The minimum absolute atomic E-state index is 0.373. The van der Waals surface area contributed by atoms with Crippen molar-refractivity contribution in [3.8, 4) is 6.07 Å². The van der Waals surface area contributed by atoms with Gasteiger partial charge in [0.05, 0.1) is 17.0 Å². The smallest absolute Gasteiger partial charge is 0.124 e. The van der Waals surface area contributed by atoms with E-state index in [0.717, 1.165) is 29.8 Å². The zero-order chi connectivity index (χ0) is 13.1. The number of aromatic nitrogens is 2. The molecule has 18 heavy (non-hydrogen) atoms. The molecule has 4 heteroatoms. The first-order valence-electron chi connectivity index (χ1n) is 6.11. The highest BCUT2D eigenvalue weighted by molar-refractivity contribution is 6.16. The number of imidazole rings is 1. The van der Waals surface area contributed by atoms with E-state index in [1.165, 1.54) is 0 Å². The van der Waals surface area contributed by atoms with Crippen LogP contribution in [0.15, 0.2) is 18.2 Å². The van der Waals surface area contributed by atoms with E-state index in [4.69, 9.17) is 16.9 Å². The van der Waals surface area contributed by atoms with Crippen molar-refractivity contribution in [2.75, 3.05) is 0 Å². The Labute approximate surface area is 112 Å². The molecular formula is C14H16ClN3. The average Bonchev–Trinajstić information content (AvgIpc) is 2.73. The van der Waals surface area contributed by atoms with Crippen LogP contribution in [0.4, 0.5) is 0 Å². The van der Waals surface area contributed by atoms with E-state index < -0.39 is 0 Å². The fourth-order valence-corrected chi connectivity index (χ4v) is 2.23. The summed E-state index contributed by atoms with van der Waals surface area (Å²) in [6.45, 7) is 5.28. The van der Waals surface area contributed by atoms with Crippen LogP contribution < -0.4 is 0 Å². The third-order valence-corrected chi connectivity index (χ3v) is 3.27. The van der Waals surface area contributed by atoms with Crippen LogP contribution in [0.2, 0.25) is 0 Å². The van der Waals surface area contributed by atoms with E-state index in [2.05, 4.69) is 29.5 Å². The van der Waals surface area contributed by atoms with Gasteiger partial charge >= 0.3 is 0 Å². The van der Waals surface area contributed by atoms with E-state index in [1.807, 2.05) is 12.1 Å². The van der Waals surface area contributed by atoms with Gasteiger partial charge in [-0.3, -0.25) is 0 Å². The van der Waals surface area contributed by atoms with Gasteiger partial charge in [-0.15, -0.1) is 11.6 Å². The molecule has 0 aliphatic carbocycles. The number of halogens is 1. The van der Waals surface area contributed by atoms with Gasteiger partial charge < -0.3 is 4.57 Å². The number of para-hydroxylation sites is 1. The fraction of sp³-hybridized carbons (Fsp3) is 0.429. The molecule has 1 heterocycles. The first-order valence-corrected chi connectivity index (χ1v) is 6.65. The molecule has 1 aromatic heterocycles. The fourth-order valence-electron chi connectivity index (χ4n) is 2.02. The Morgan fingerprint density at radius 3 is 2.83 bits per heavy atom. The van der Waals surface area contributed by atoms with Gasteiger partial charge in [-0.1, -0.05) is 19.9 Å². The molecule has 1 aromatic carbocycles. The summed E-state index contributed by atoms with van der Waals surface area (Å²) < 4.78 is 2.13. The number of hydrogen-bond donors (Lipinski definition) is 0. The van der Waals surface area contributed by atoms with Crippen molar-refractivity contribution in [3.63, 3.8) is 0 Å². The monoisotopic (exact) mass is 261 g/mol. The van der Waals surface area contributed by atoms with Gasteiger partial charge in [0.1, 0.15) is 17.4 Å². The second kappa shape index (κ2) is 5.41. The molecule has 0 spiro atoms. The Morgan fingerprint density at radius 2 is 2.22 bits per heavy atom. The summed E-state index contributed by atoms with van der Waals surface area (Å²) in [7, 11) is 0. The largest absolute Gasteiger partial charge is 0.327 e. The molecule has 94 valence electrons. The van der Waals surface area contributed by atoms with Gasteiger partial charge in [-0.2, -0.15) is 5.26 Å². The maximum Gasteiger partial charge on any atom is 0.124 e. The second-order valence-electron chi connectivity index (χ2n) is 4.78. The summed E-state index contributed by atoms with van der Waals surface area (Å²) in [5.74, 6) is 1.84. The highest BCUT2D eigenvalue weighted by atomic mass is 35.5. The van der Waals surface area contributed by atoms with Gasteiger partial charge in [0.25, 0.3) is 0 Å². The Balaban J connectivity index is 2.53. The zero-order valence-corrected chi connectivity index (χ0v) is 11.4. The van der Waals surface area contributed by atoms with Crippen molar-refractivity contribution in [2.45, 2.75) is 32.7 Å². The number of aryl methyl sites for hydroxylation is 1. The molecule has 0 saturated heterocycles. The number of nitriles is 1. The lowest BCUT2D eigenvalue weighted by molar-refractivity contribution is 0.516. The molecule has 0 unspecified atom stereocenters. The van der Waals surface area contributed by atoms with Crippen molar-refractivity contribution < 1.29 is 0 Å².